The van der Waals surface area contributed by atoms with Gasteiger partial charge >= 0.3 is 6.03 Å². The molecule has 0 saturated carbocycles. The van der Waals surface area contributed by atoms with Gasteiger partial charge in [-0.3, -0.25) is 0 Å². The molecule has 0 aromatic heterocycles. The highest BCUT2D eigenvalue weighted by Crippen LogP contribution is 2.28. The van der Waals surface area contributed by atoms with E-state index in [-0.39, 0.29) is 11.9 Å². The van der Waals surface area contributed by atoms with Crippen LogP contribution in [-0.4, -0.2) is 35.2 Å². The van der Waals surface area contributed by atoms with Crippen LogP contribution < -0.4 is 5.32 Å². The number of likely N-dealkylation sites (tertiary alicyclic amines) is 1. The minimum Gasteiger partial charge on any atom is -0.393 e. The highest BCUT2D eigenvalue weighted by atomic mass is 35.5. The molecule has 0 bridgehead atoms. The van der Waals surface area contributed by atoms with Crippen molar-refractivity contribution >= 4 is 34.9 Å². The van der Waals surface area contributed by atoms with Crippen molar-refractivity contribution in [2.75, 3.05) is 18.4 Å². The lowest BCUT2D eigenvalue weighted by Gasteiger charge is -2.34. The van der Waals surface area contributed by atoms with E-state index in [4.69, 9.17) is 23.2 Å². The predicted octanol–water partition coefficient (Wildman–Crippen LogP) is 3.93. The van der Waals surface area contributed by atoms with Gasteiger partial charge < -0.3 is 15.3 Å². The lowest BCUT2D eigenvalue weighted by molar-refractivity contribution is 0.0766. The van der Waals surface area contributed by atoms with Crippen LogP contribution in [-0.2, 0) is 0 Å². The summed E-state index contributed by atoms with van der Waals surface area (Å²) in [5, 5.41) is 13.5. The number of piperidine rings is 1. The van der Waals surface area contributed by atoms with Crippen LogP contribution in [0.2, 0.25) is 10.0 Å². The molecule has 2 N–H and O–H groups in total. The normalized spacial score (nSPS) is 20.2. The molecular formula is C15H20Cl2N2O2. The number of rotatable bonds is 2. The molecule has 1 fully saturated rings. The van der Waals surface area contributed by atoms with Crippen molar-refractivity contribution < 1.29 is 9.90 Å². The van der Waals surface area contributed by atoms with Gasteiger partial charge in [0.1, 0.15) is 0 Å². The smallest absolute Gasteiger partial charge is 0.321 e. The molecule has 2 unspecified atom stereocenters. The Morgan fingerprint density at radius 3 is 2.62 bits per heavy atom. The monoisotopic (exact) mass is 330 g/mol. The molecule has 116 valence electrons. The summed E-state index contributed by atoms with van der Waals surface area (Å²) in [5.74, 6) is 0.134. The molecule has 2 rings (SSSR count). The maximum atomic E-state index is 12.3. The van der Waals surface area contributed by atoms with E-state index in [9.17, 15) is 9.90 Å². The van der Waals surface area contributed by atoms with E-state index in [1.807, 2.05) is 6.92 Å². The molecule has 0 aliphatic carbocycles. The zero-order valence-corrected chi connectivity index (χ0v) is 13.7. The predicted molar refractivity (Wildman–Crippen MR) is 86.2 cm³/mol. The largest absolute Gasteiger partial charge is 0.393 e. The maximum absolute atomic E-state index is 12.3. The number of aliphatic hydroxyl groups excluding tert-OH is 1. The number of urea groups is 1. The maximum Gasteiger partial charge on any atom is 0.321 e. The molecule has 1 heterocycles. The molecule has 6 heteroatoms. The van der Waals surface area contributed by atoms with Crippen LogP contribution in [0.25, 0.3) is 0 Å². The minimum atomic E-state index is -0.399. The summed E-state index contributed by atoms with van der Waals surface area (Å²) in [6.07, 6.45) is 1.45. The minimum absolute atomic E-state index is 0.134. The summed E-state index contributed by atoms with van der Waals surface area (Å²) in [7, 11) is 0. The number of nitrogens with zero attached hydrogens (tertiary/aromatic N) is 1. The second-order valence-corrected chi connectivity index (χ2v) is 6.40. The first-order chi connectivity index (χ1) is 9.88. The number of aliphatic hydroxyl groups is 1. The number of amides is 2. The number of carbonyl (C=O) groups excluding carboxylic acids is 1. The Bertz CT molecular complexity index is 511. The van der Waals surface area contributed by atoms with Crippen molar-refractivity contribution in [3.8, 4) is 0 Å². The molecule has 21 heavy (non-hydrogen) atoms. The lowest BCUT2D eigenvalue weighted by Crippen LogP contribution is -2.44. The van der Waals surface area contributed by atoms with Gasteiger partial charge in [-0.05, 0) is 44.4 Å². The van der Waals surface area contributed by atoms with E-state index >= 15 is 0 Å². The fraction of sp³-hybridized carbons (Fsp3) is 0.533. The van der Waals surface area contributed by atoms with E-state index < -0.39 is 6.10 Å². The number of hydrogen-bond donors (Lipinski definition) is 2. The van der Waals surface area contributed by atoms with Crippen molar-refractivity contribution in [2.24, 2.45) is 5.92 Å². The number of hydrogen-bond acceptors (Lipinski definition) is 2. The molecule has 1 aliphatic heterocycles. The number of halogens is 2. The van der Waals surface area contributed by atoms with Gasteiger partial charge in [0.2, 0.25) is 0 Å². The van der Waals surface area contributed by atoms with Crippen molar-refractivity contribution in [2.45, 2.75) is 32.8 Å². The first-order valence-electron chi connectivity index (χ1n) is 7.08. The number of nitrogens with one attached hydrogen (secondary N) is 1. The van der Waals surface area contributed by atoms with Gasteiger partial charge in [0, 0.05) is 34.7 Å². The summed E-state index contributed by atoms with van der Waals surface area (Å²) in [4.78, 5) is 14.0. The molecule has 1 aromatic carbocycles. The summed E-state index contributed by atoms with van der Waals surface area (Å²) < 4.78 is 0. The number of benzene rings is 1. The average molecular weight is 331 g/mol. The summed E-state index contributed by atoms with van der Waals surface area (Å²) in [6, 6.07) is 3.20. The topological polar surface area (TPSA) is 52.6 Å². The van der Waals surface area contributed by atoms with E-state index in [1.165, 1.54) is 0 Å². The van der Waals surface area contributed by atoms with E-state index in [0.717, 1.165) is 18.4 Å². The third-order valence-corrected chi connectivity index (χ3v) is 4.74. The summed E-state index contributed by atoms with van der Waals surface area (Å²) in [5.41, 5.74) is 1.38. The first kappa shape index (κ1) is 16.4. The van der Waals surface area contributed by atoms with Gasteiger partial charge in [0.25, 0.3) is 0 Å². The zero-order valence-electron chi connectivity index (χ0n) is 12.2. The molecule has 0 radical (unpaired) electrons. The quantitative estimate of drug-likeness (QED) is 0.863. The van der Waals surface area contributed by atoms with Gasteiger partial charge in [0.15, 0.2) is 0 Å². The average Bonchev–Trinajstić information content (AvgIpc) is 2.44. The van der Waals surface area contributed by atoms with Crippen LogP contribution in [0.1, 0.15) is 25.3 Å². The van der Waals surface area contributed by atoms with Crippen LogP contribution in [0.3, 0.4) is 0 Å². The number of carbonyl (C=O) groups is 1. The molecule has 1 aliphatic rings. The third kappa shape index (κ3) is 4.02. The highest BCUT2D eigenvalue weighted by Gasteiger charge is 2.26. The van der Waals surface area contributed by atoms with Crippen molar-refractivity contribution in [1.82, 2.24) is 4.90 Å². The van der Waals surface area contributed by atoms with E-state index in [1.54, 1.807) is 24.0 Å². The van der Waals surface area contributed by atoms with Crippen LogP contribution in [0, 0.1) is 12.8 Å². The highest BCUT2D eigenvalue weighted by molar-refractivity contribution is 6.36. The lowest BCUT2D eigenvalue weighted by atomic mass is 9.94. The Morgan fingerprint density at radius 2 is 2.05 bits per heavy atom. The van der Waals surface area contributed by atoms with Gasteiger partial charge in [-0.15, -0.1) is 0 Å². The van der Waals surface area contributed by atoms with E-state index in [2.05, 4.69) is 5.32 Å². The SMILES string of the molecule is Cc1c(Cl)cc(NC(=O)N2CCCC(C(C)O)C2)cc1Cl. The van der Waals surface area contributed by atoms with Gasteiger partial charge in [-0.2, -0.15) is 0 Å². The molecule has 1 aromatic rings. The zero-order chi connectivity index (χ0) is 15.6. The van der Waals surface area contributed by atoms with Crippen molar-refractivity contribution in [1.29, 1.82) is 0 Å². The molecule has 4 nitrogen and oxygen atoms in total. The van der Waals surface area contributed by atoms with Crippen LogP contribution in [0.4, 0.5) is 10.5 Å². The Balaban J connectivity index is 2.04. The van der Waals surface area contributed by atoms with Crippen LogP contribution in [0.5, 0.6) is 0 Å². The van der Waals surface area contributed by atoms with Gasteiger partial charge in [0.05, 0.1) is 6.10 Å². The van der Waals surface area contributed by atoms with Gasteiger partial charge in [-0.1, -0.05) is 23.2 Å². The second kappa shape index (κ2) is 6.86. The van der Waals surface area contributed by atoms with Crippen LogP contribution in [0.15, 0.2) is 12.1 Å². The standard InChI is InChI=1S/C15H20Cl2N2O2/c1-9-13(16)6-12(7-14(9)17)18-15(21)19-5-3-4-11(8-19)10(2)20/h6-7,10-11,20H,3-5,8H2,1-2H3,(H,18,21). The molecule has 2 amide bonds. The molecule has 1 saturated heterocycles. The van der Waals surface area contributed by atoms with Crippen molar-refractivity contribution in [3.63, 3.8) is 0 Å². The molecular weight excluding hydrogens is 311 g/mol. The first-order valence-corrected chi connectivity index (χ1v) is 7.83. The second-order valence-electron chi connectivity index (χ2n) is 5.58. The van der Waals surface area contributed by atoms with Gasteiger partial charge in [-0.25, -0.2) is 4.79 Å². The van der Waals surface area contributed by atoms with Crippen molar-refractivity contribution in [3.05, 3.63) is 27.7 Å². The Morgan fingerprint density at radius 1 is 1.43 bits per heavy atom. The van der Waals surface area contributed by atoms with Crippen LogP contribution >= 0.6 is 23.2 Å². The third-order valence-electron chi connectivity index (χ3n) is 3.96. The Kier molecular flexibility index (Phi) is 5.36. The van der Waals surface area contributed by atoms with E-state index in [0.29, 0.717) is 28.8 Å². The Hall–Kier alpha value is -0.970. The Labute approximate surface area is 135 Å². The molecule has 0 spiro atoms. The summed E-state index contributed by atoms with van der Waals surface area (Å²) >= 11 is 12.1. The molecule has 2 atom stereocenters. The fourth-order valence-corrected chi connectivity index (χ4v) is 3.00. The fourth-order valence-electron chi connectivity index (χ4n) is 2.51. The summed E-state index contributed by atoms with van der Waals surface area (Å²) in [6.45, 7) is 4.86. The number of anilines is 1.